The fourth-order valence-electron chi connectivity index (χ4n) is 4.19. The van der Waals surface area contributed by atoms with Crippen molar-refractivity contribution in [2.45, 2.75) is 25.7 Å². The van der Waals surface area contributed by atoms with Crippen molar-refractivity contribution >= 4 is 28.4 Å². The first-order valence-electron chi connectivity index (χ1n) is 10.6. The van der Waals surface area contributed by atoms with Crippen LogP contribution in [0.1, 0.15) is 6.92 Å². The summed E-state index contributed by atoms with van der Waals surface area (Å²) in [5.74, 6) is -0.702. The number of nitrogens with one attached hydrogen (secondary N) is 1. The summed E-state index contributed by atoms with van der Waals surface area (Å²) in [7, 11) is 1.38. The molecule has 1 aliphatic rings. The number of nitrogens with zero attached hydrogens (tertiary/aromatic N) is 7. The van der Waals surface area contributed by atoms with Crippen LogP contribution >= 0.6 is 0 Å². The van der Waals surface area contributed by atoms with Crippen LogP contribution in [-0.4, -0.2) is 79.5 Å². The van der Waals surface area contributed by atoms with Crippen LogP contribution in [0.4, 0.5) is 19.1 Å². The van der Waals surface area contributed by atoms with Gasteiger partial charge in [-0.25, -0.2) is 22.4 Å². The van der Waals surface area contributed by atoms with Crippen LogP contribution in [0.25, 0.3) is 27.7 Å². The lowest BCUT2D eigenvalue weighted by molar-refractivity contribution is -0.128. The minimum atomic E-state index is -1.30. The number of benzene rings is 1. The molecule has 1 amide bonds. The molecule has 4 heterocycles. The lowest BCUT2D eigenvalue weighted by Crippen LogP contribution is -2.32. The average molecular weight is 474 g/mol. The number of amides is 1. The molecule has 0 unspecified atom stereocenters. The summed E-state index contributed by atoms with van der Waals surface area (Å²) < 4.78 is 50.5. The minimum Gasteiger partial charge on any atom is -0.479 e. The van der Waals surface area contributed by atoms with Gasteiger partial charge < -0.3 is 15.0 Å². The smallest absolute Gasteiger partial charge is 0.244 e. The van der Waals surface area contributed by atoms with Crippen molar-refractivity contribution < 1.29 is 22.7 Å². The van der Waals surface area contributed by atoms with Crippen molar-refractivity contribution in [3.63, 3.8) is 0 Å². The molecule has 1 aromatic carbocycles. The average Bonchev–Trinajstić information content (AvgIpc) is 3.48. The predicted octanol–water partition coefficient (Wildman–Crippen LogP) is 2.24. The van der Waals surface area contributed by atoms with Crippen molar-refractivity contribution in [2.24, 2.45) is 0 Å². The summed E-state index contributed by atoms with van der Waals surface area (Å²) in [6, 6.07) is 4.29. The van der Waals surface area contributed by atoms with E-state index >= 15 is 4.39 Å². The molecule has 1 aliphatic heterocycles. The molecule has 0 bridgehead atoms. The number of halogens is 3. The van der Waals surface area contributed by atoms with Gasteiger partial charge in [-0.1, -0.05) is 11.3 Å². The Labute approximate surface area is 191 Å². The van der Waals surface area contributed by atoms with Crippen LogP contribution in [0.15, 0.2) is 24.4 Å². The van der Waals surface area contributed by atoms with Gasteiger partial charge in [0, 0.05) is 13.5 Å². The monoisotopic (exact) mass is 474 g/mol. The maximum absolute atomic E-state index is 15.2. The summed E-state index contributed by atoms with van der Waals surface area (Å²) in [5, 5.41) is 15.1. The molecular formula is C21H21F3N8O2. The number of rotatable bonds is 6. The third-order valence-electron chi connectivity index (χ3n) is 5.85. The molecule has 1 N–H and O–H groups in total. The van der Waals surface area contributed by atoms with E-state index in [2.05, 4.69) is 25.7 Å². The van der Waals surface area contributed by atoms with Gasteiger partial charge in [0.25, 0.3) is 0 Å². The van der Waals surface area contributed by atoms with Gasteiger partial charge >= 0.3 is 0 Å². The van der Waals surface area contributed by atoms with Gasteiger partial charge in [0.1, 0.15) is 23.9 Å². The minimum absolute atomic E-state index is 0.0228. The van der Waals surface area contributed by atoms with Crippen LogP contribution in [0.2, 0.25) is 0 Å². The van der Waals surface area contributed by atoms with Crippen LogP contribution in [-0.2, 0) is 11.3 Å². The van der Waals surface area contributed by atoms with E-state index in [1.165, 1.54) is 34.3 Å². The van der Waals surface area contributed by atoms with E-state index in [1.807, 2.05) is 0 Å². The Bertz CT molecular complexity index is 1390. The third-order valence-corrected chi connectivity index (χ3v) is 5.85. The number of fused-ring (bicyclic) bond motifs is 2. The van der Waals surface area contributed by atoms with Crippen molar-refractivity contribution in [1.82, 2.24) is 34.5 Å². The Hall–Kier alpha value is -3.90. The van der Waals surface area contributed by atoms with Crippen LogP contribution in [0, 0.1) is 5.82 Å². The Morgan fingerprint density at radius 2 is 2.15 bits per heavy atom. The van der Waals surface area contributed by atoms with E-state index in [0.717, 1.165) is 0 Å². The molecule has 13 heteroatoms. The van der Waals surface area contributed by atoms with Crippen LogP contribution in [0.5, 0.6) is 5.88 Å². The molecule has 0 saturated carbocycles. The first-order chi connectivity index (χ1) is 16.4. The highest BCUT2D eigenvalue weighted by atomic mass is 19.1. The second kappa shape index (κ2) is 8.47. The second-order valence-corrected chi connectivity index (χ2v) is 7.99. The maximum Gasteiger partial charge on any atom is 0.244 e. The molecule has 178 valence electrons. The van der Waals surface area contributed by atoms with E-state index in [1.54, 1.807) is 18.2 Å². The number of carbonyl (C=O) groups is 1. The molecule has 0 spiro atoms. The van der Waals surface area contributed by atoms with E-state index in [0.29, 0.717) is 16.6 Å². The molecule has 5 rings (SSSR count). The fraction of sp³-hybridized carbons (Fsp3) is 0.381. The first kappa shape index (κ1) is 21.9. The third kappa shape index (κ3) is 3.66. The topological polar surface area (TPSA) is 102 Å². The van der Waals surface area contributed by atoms with E-state index in [4.69, 9.17) is 4.74 Å². The van der Waals surface area contributed by atoms with Crippen molar-refractivity contribution in [1.29, 1.82) is 0 Å². The lowest BCUT2D eigenvalue weighted by Gasteiger charge is -2.16. The van der Waals surface area contributed by atoms with Gasteiger partial charge in [0.15, 0.2) is 5.82 Å². The summed E-state index contributed by atoms with van der Waals surface area (Å²) in [6.07, 6.45) is -0.134. The molecular weight excluding hydrogens is 453 g/mol. The van der Waals surface area contributed by atoms with Gasteiger partial charge in [-0.05, 0) is 17.7 Å². The standard InChI is InChI=1S/C21H21F3N8O2/c1-11(33)30-8-13(23)16(10-30)25-21-26-20(34-2)19-18(14(24)9-32(19)28-21)12-3-4-15-17(7-12)31(6-5-22)29-27-15/h3-4,7,9,13,16H,5-6,8,10H2,1-2H3,(H,25,28)/t13-,16+/m0/s1. The number of methoxy groups -OCH3 is 1. The number of carbonyl (C=O) groups excluding carboxylic acids is 1. The largest absolute Gasteiger partial charge is 0.479 e. The highest BCUT2D eigenvalue weighted by Crippen LogP contribution is 2.35. The second-order valence-electron chi connectivity index (χ2n) is 7.99. The SMILES string of the molecule is COc1nc(N[C@@H]2CN(C(C)=O)C[C@@H]2F)nn2cc(F)c(-c3ccc4nnn(CCF)c4c3)c12. The lowest BCUT2D eigenvalue weighted by atomic mass is 10.1. The molecule has 4 aromatic rings. The number of aromatic nitrogens is 6. The van der Waals surface area contributed by atoms with Crippen molar-refractivity contribution in [2.75, 3.05) is 32.2 Å². The zero-order valence-electron chi connectivity index (χ0n) is 18.4. The van der Waals surface area contributed by atoms with Crippen molar-refractivity contribution in [3.05, 3.63) is 30.2 Å². The number of anilines is 1. The Morgan fingerprint density at radius 1 is 1.32 bits per heavy atom. The number of alkyl halides is 2. The van der Waals surface area contributed by atoms with Crippen LogP contribution < -0.4 is 10.1 Å². The molecule has 1 saturated heterocycles. The number of likely N-dealkylation sites (tertiary alicyclic amines) is 1. The van der Waals surface area contributed by atoms with Crippen molar-refractivity contribution in [3.8, 4) is 17.0 Å². The Kier molecular flexibility index (Phi) is 5.46. The predicted molar refractivity (Wildman–Crippen MR) is 117 cm³/mol. The van der Waals surface area contributed by atoms with Gasteiger partial charge in [0.2, 0.25) is 17.7 Å². The summed E-state index contributed by atoms with van der Waals surface area (Å²) in [4.78, 5) is 17.3. The highest BCUT2D eigenvalue weighted by Gasteiger charge is 2.35. The molecule has 10 nitrogen and oxygen atoms in total. The normalized spacial score (nSPS) is 18.2. The fourth-order valence-corrected chi connectivity index (χ4v) is 4.19. The molecule has 0 radical (unpaired) electrons. The number of aryl methyl sites for hydroxylation is 1. The molecule has 0 aliphatic carbocycles. The van der Waals surface area contributed by atoms with E-state index in [9.17, 15) is 13.6 Å². The van der Waals surface area contributed by atoms with Gasteiger partial charge in [-0.3, -0.25) is 4.79 Å². The number of ether oxygens (including phenoxy) is 1. The van der Waals surface area contributed by atoms with Gasteiger partial charge in [-0.2, -0.15) is 4.98 Å². The number of hydrogen-bond acceptors (Lipinski definition) is 7. The Balaban J connectivity index is 1.55. The zero-order chi connectivity index (χ0) is 24.0. The molecule has 34 heavy (non-hydrogen) atoms. The summed E-state index contributed by atoms with van der Waals surface area (Å²) in [6.45, 7) is 0.923. The van der Waals surface area contributed by atoms with E-state index < -0.39 is 24.7 Å². The van der Waals surface area contributed by atoms with E-state index in [-0.39, 0.29) is 48.4 Å². The van der Waals surface area contributed by atoms with Crippen LogP contribution in [0.3, 0.4) is 0 Å². The number of hydrogen-bond donors (Lipinski definition) is 1. The van der Waals surface area contributed by atoms with Gasteiger partial charge in [0.05, 0.1) is 43.5 Å². The maximum atomic E-state index is 15.2. The quantitative estimate of drug-likeness (QED) is 0.457. The molecule has 1 fully saturated rings. The molecule has 2 atom stereocenters. The van der Waals surface area contributed by atoms with Gasteiger partial charge in [-0.15, -0.1) is 10.2 Å². The zero-order valence-corrected chi connectivity index (χ0v) is 18.4. The first-order valence-corrected chi connectivity index (χ1v) is 10.6. The highest BCUT2D eigenvalue weighted by molar-refractivity contribution is 5.89. The summed E-state index contributed by atoms with van der Waals surface area (Å²) in [5.41, 5.74) is 2.03. The Morgan fingerprint density at radius 3 is 2.85 bits per heavy atom. The summed E-state index contributed by atoms with van der Waals surface area (Å²) >= 11 is 0. The molecule has 3 aromatic heterocycles.